The third-order valence-electron chi connectivity index (χ3n) is 5.77. The van der Waals surface area contributed by atoms with Crippen molar-refractivity contribution in [3.05, 3.63) is 59.7 Å². The van der Waals surface area contributed by atoms with E-state index in [2.05, 4.69) is 41.5 Å². The lowest BCUT2D eigenvalue weighted by molar-refractivity contribution is -0.00517. The minimum Gasteiger partial charge on any atom is -0.394 e. The number of nitrogens with zero attached hydrogens (tertiary/aromatic N) is 1. The van der Waals surface area contributed by atoms with Crippen LogP contribution in [0, 0.1) is 0 Å². The van der Waals surface area contributed by atoms with Gasteiger partial charge in [0.05, 0.1) is 35.7 Å². The van der Waals surface area contributed by atoms with Crippen molar-refractivity contribution in [1.29, 1.82) is 0 Å². The molecular weight excluding hydrogens is 366 g/mol. The summed E-state index contributed by atoms with van der Waals surface area (Å²) in [5.41, 5.74) is 3.44. The first kappa shape index (κ1) is 19.7. The van der Waals surface area contributed by atoms with Crippen molar-refractivity contribution in [2.24, 2.45) is 0 Å². The molecule has 4 rings (SSSR count). The Morgan fingerprint density at radius 3 is 2.28 bits per heavy atom. The van der Waals surface area contributed by atoms with Crippen LogP contribution < -0.4 is 15.5 Å². The lowest BCUT2D eigenvalue weighted by Crippen LogP contribution is -2.53. The maximum Gasteiger partial charge on any atom is 0.319 e. The van der Waals surface area contributed by atoms with Gasteiger partial charge in [-0.3, -0.25) is 0 Å². The van der Waals surface area contributed by atoms with Crippen LogP contribution in [0.25, 0.3) is 0 Å². The summed E-state index contributed by atoms with van der Waals surface area (Å²) in [5, 5.41) is 16.1. The van der Waals surface area contributed by atoms with Gasteiger partial charge in [0.1, 0.15) is 0 Å². The van der Waals surface area contributed by atoms with Crippen LogP contribution in [0.4, 0.5) is 16.2 Å². The second-order valence-corrected chi connectivity index (χ2v) is 8.32. The number of morpholine rings is 1. The van der Waals surface area contributed by atoms with Gasteiger partial charge in [-0.2, -0.15) is 0 Å². The molecule has 6 nitrogen and oxygen atoms in total. The third-order valence-corrected chi connectivity index (χ3v) is 5.77. The summed E-state index contributed by atoms with van der Waals surface area (Å²) in [7, 11) is 0. The molecule has 2 aromatic rings. The summed E-state index contributed by atoms with van der Waals surface area (Å²) in [6.07, 6.45) is 1.53. The summed E-state index contributed by atoms with van der Waals surface area (Å²) >= 11 is 0. The number of benzene rings is 2. The number of hydrogen-bond acceptors (Lipinski definition) is 4. The number of rotatable bonds is 4. The summed E-state index contributed by atoms with van der Waals surface area (Å²) in [6.45, 7) is 5.58. The van der Waals surface area contributed by atoms with E-state index in [1.807, 2.05) is 36.4 Å². The van der Waals surface area contributed by atoms with E-state index in [0.717, 1.165) is 24.5 Å². The van der Waals surface area contributed by atoms with E-state index in [0.29, 0.717) is 12.8 Å². The highest BCUT2D eigenvalue weighted by Gasteiger charge is 2.38. The molecule has 1 fully saturated rings. The fourth-order valence-electron chi connectivity index (χ4n) is 4.56. The molecule has 0 spiro atoms. The number of aliphatic hydroxyl groups excluding tert-OH is 1. The highest BCUT2D eigenvalue weighted by Crippen LogP contribution is 2.31. The second kappa shape index (κ2) is 8.05. The van der Waals surface area contributed by atoms with Crippen LogP contribution >= 0.6 is 0 Å². The Balaban J connectivity index is 1.48. The zero-order valence-electron chi connectivity index (χ0n) is 17.0. The van der Waals surface area contributed by atoms with Gasteiger partial charge in [-0.15, -0.1) is 0 Å². The topological polar surface area (TPSA) is 73.8 Å². The van der Waals surface area contributed by atoms with Crippen molar-refractivity contribution in [2.45, 2.75) is 44.4 Å². The number of amides is 2. The predicted octanol–water partition coefficient (Wildman–Crippen LogP) is 2.95. The highest BCUT2D eigenvalue weighted by molar-refractivity contribution is 5.93. The molecular formula is C23H29N3O3. The number of fused-ring (bicyclic) bond motifs is 1. The SMILES string of the molecule is CC1CN(c2ccccc2NC(=O)NC2(CO)Cc3ccccc3C2)CC(C)O1. The maximum absolute atomic E-state index is 12.9. The van der Waals surface area contributed by atoms with Crippen molar-refractivity contribution in [2.75, 3.05) is 29.9 Å². The molecule has 29 heavy (non-hydrogen) atoms. The van der Waals surface area contributed by atoms with Crippen molar-refractivity contribution in [1.82, 2.24) is 5.32 Å². The number of aliphatic hydroxyl groups is 1. The van der Waals surface area contributed by atoms with Crippen LogP contribution in [0.1, 0.15) is 25.0 Å². The molecule has 6 heteroatoms. The van der Waals surface area contributed by atoms with Gasteiger partial charge in [-0.25, -0.2) is 4.79 Å². The number of nitrogens with one attached hydrogen (secondary N) is 2. The first-order valence-electron chi connectivity index (χ1n) is 10.2. The number of carbonyl (C=O) groups excluding carboxylic acids is 1. The van der Waals surface area contributed by atoms with Crippen LogP contribution in [0.2, 0.25) is 0 Å². The Kier molecular flexibility index (Phi) is 5.48. The van der Waals surface area contributed by atoms with Gasteiger partial charge in [-0.05, 0) is 49.9 Å². The monoisotopic (exact) mass is 395 g/mol. The number of hydrogen-bond donors (Lipinski definition) is 3. The van der Waals surface area contributed by atoms with Crippen LogP contribution in [0.5, 0.6) is 0 Å². The molecule has 2 unspecified atom stereocenters. The molecule has 3 N–H and O–H groups in total. The fraction of sp³-hybridized carbons (Fsp3) is 0.435. The van der Waals surface area contributed by atoms with Gasteiger partial charge in [0.15, 0.2) is 0 Å². The zero-order chi connectivity index (χ0) is 20.4. The van der Waals surface area contributed by atoms with E-state index in [1.165, 1.54) is 11.1 Å². The normalized spacial score (nSPS) is 22.8. The first-order chi connectivity index (χ1) is 14.0. The first-order valence-corrected chi connectivity index (χ1v) is 10.2. The smallest absolute Gasteiger partial charge is 0.319 e. The number of para-hydroxylation sites is 2. The average Bonchev–Trinajstić information content (AvgIpc) is 3.06. The molecule has 0 aromatic heterocycles. The number of urea groups is 1. The summed E-state index contributed by atoms with van der Waals surface area (Å²) in [6, 6.07) is 15.6. The van der Waals surface area contributed by atoms with E-state index in [4.69, 9.17) is 4.74 Å². The van der Waals surface area contributed by atoms with Crippen molar-refractivity contribution in [3.63, 3.8) is 0 Å². The number of anilines is 2. The molecule has 1 saturated heterocycles. The lowest BCUT2D eigenvalue weighted by atomic mass is 9.97. The molecule has 154 valence electrons. The molecule has 1 heterocycles. The standard InChI is InChI=1S/C23H29N3O3/c1-16-13-26(14-17(2)29-16)21-10-6-5-9-20(21)24-22(28)25-23(15-27)11-18-7-3-4-8-19(18)12-23/h3-10,16-17,27H,11-15H2,1-2H3,(H2,24,25,28). The van der Waals surface area contributed by atoms with E-state index in [-0.39, 0.29) is 24.8 Å². The van der Waals surface area contributed by atoms with Gasteiger partial charge in [0, 0.05) is 13.1 Å². The van der Waals surface area contributed by atoms with Crippen molar-refractivity contribution in [3.8, 4) is 0 Å². The Bertz CT molecular complexity index is 850. The Labute approximate surface area is 171 Å². The van der Waals surface area contributed by atoms with Crippen LogP contribution in [0.15, 0.2) is 48.5 Å². The summed E-state index contributed by atoms with van der Waals surface area (Å²) < 4.78 is 5.84. The molecule has 1 aliphatic carbocycles. The Morgan fingerprint density at radius 2 is 1.66 bits per heavy atom. The van der Waals surface area contributed by atoms with Crippen LogP contribution in [0.3, 0.4) is 0 Å². The van der Waals surface area contributed by atoms with Crippen LogP contribution in [-0.2, 0) is 17.6 Å². The molecule has 1 aliphatic heterocycles. The fourth-order valence-corrected chi connectivity index (χ4v) is 4.56. The molecule has 0 bridgehead atoms. The van der Waals surface area contributed by atoms with Crippen LogP contribution in [-0.4, -0.2) is 48.6 Å². The summed E-state index contributed by atoms with van der Waals surface area (Å²) in [5.74, 6) is 0. The van der Waals surface area contributed by atoms with Gasteiger partial charge < -0.3 is 25.4 Å². The van der Waals surface area contributed by atoms with E-state index < -0.39 is 5.54 Å². The Morgan fingerprint density at radius 1 is 1.07 bits per heavy atom. The van der Waals surface area contributed by atoms with E-state index in [1.54, 1.807) is 0 Å². The van der Waals surface area contributed by atoms with Gasteiger partial charge in [-0.1, -0.05) is 36.4 Å². The van der Waals surface area contributed by atoms with Crippen molar-refractivity contribution < 1.29 is 14.6 Å². The van der Waals surface area contributed by atoms with Gasteiger partial charge in [0.2, 0.25) is 0 Å². The average molecular weight is 396 g/mol. The molecule has 2 aliphatic rings. The maximum atomic E-state index is 12.9. The predicted molar refractivity (Wildman–Crippen MR) is 114 cm³/mol. The molecule has 2 amide bonds. The second-order valence-electron chi connectivity index (χ2n) is 8.32. The molecule has 0 radical (unpaired) electrons. The quantitative estimate of drug-likeness (QED) is 0.744. The lowest BCUT2D eigenvalue weighted by Gasteiger charge is -2.37. The third kappa shape index (κ3) is 4.23. The molecule has 2 aromatic carbocycles. The summed E-state index contributed by atoms with van der Waals surface area (Å²) in [4.78, 5) is 15.1. The van der Waals surface area contributed by atoms with E-state index in [9.17, 15) is 9.90 Å². The minimum absolute atomic E-state index is 0.102. The van der Waals surface area contributed by atoms with Crippen molar-refractivity contribution >= 4 is 17.4 Å². The van der Waals surface area contributed by atoms with E-state index >= 15 is 0 Å². The van der Waals surface area contributed by atoms with Gasteiger partial charge >= 0.3 is 6.03 Å². The zero-order valence-corrected chi connectivity index (χ0v) is 17.0. The van der Waals surface area contributed by atoms with Gasteiger partial charge in [0.25, 0.3) is 0 Å². The molecule has 2 atom stereocenters. The number of carbonyl (C=O) groups is 1. The number of ether oxygens (including phenoxy) is 1. The Hall–Kier alpha value is -2.57. The minimum atomic E-state index is -0.662. The largest absolute Gasteiger partial charge is 0.394 e. The highest BCUT2D eigenvalue weighted by atomic mass is 16.5. The molecule has 0 saturated carbocycles.